The first kappa shape index (κ1) is 17.3. The van der Waals surface area contributed by atoms with Gasteiger partial charge in [0.1, 0.15) is 17.3 Å². The Labute approximate surface area is 138 Å². The molecule has 0 radical (unpaired) electrons. The first-order chi connectivity index (χ1) is 11.4. The van der Waals surface area contributed by atoms with E-state index in [0.717, 1.165) is 0 Å². The molecule has 2 aromatic rings. The molecule has 0 aliphatic rings. The van der Waals surface area contributed by atoms with Crippen molar-refractivity contribution in [2.24, 2.45) is 0 Å². The molecule has 0 heterocycles. The summed E-state index contributed by atoms with van der Waals surface area (Å²) in [4.78, 5) is 23.4. The largest absolute Gasteiger partial charge is 0.508 e. The fourth-order valence-corrected chi connectivity index (χ4v) is 1.89. The van der Waals surface area contributed by atoms with E-state index in [9.17, 15) is 19.1 Å². The summed E-state index contributed by atoms with van der Waals surface area (Å²) in [5, 5.41) is 14.4. The lowest BCUT2D eigenvalue weighted by Gasteiger charge is -2.10. The molecule has 24 heavy (non-hydrogen) atoms. The van der Waals surface area contributed by atoms with Crippen LogP contribution >= 0.6 is 0 Å². The van der Waals surface area contributed by atoms with Gasteiger partial charge in [-0.2, -0.15) is 0 Å². The summed E-state index contributed by atoms with van der Waals surface area (Å²) in [5.41, 5.74) is 1.25. The Morgan fingerprint density at radius 3 is 2.50 bits per heavy atom. The van der Waals surface area contributed by atoms with E-state index >= 15 is 0 Å². The molecule has 2 rings (SSSR count). The summed E-state index contributed by atoms with van der Waals surface area (Å²) in [6.07, 6.45) is 0. The van der Waals surface area contributed by atoms with Crippen LogP contribution in [0.15, 0.2) is 42.5 Å². The van der Waals surface area contributed by atoms with Crippen LogP contribution in [-0.2, 0) is 9.59 Å². The highest BCUT2D eigenvalue weighted by Crippen LogP contribution is 2.19. The van der Waals surface area contributed by atoms with Crippen molar-refractivity contribution in [2.75, 3.05) is 18.5 Å². The number of benzene rings is 2. The lowest BCUT2D eigenvalue weighted by molar-refractivity contribution is -0.125. The molecule has 3 N–H and O–H groups in total. The van der Waals surface area contributed by atoms with Gasteiger partial charge in [-0.25, -0.2) is 4.39 Å². The first-order valence-corrected chi connectivity index (χ1v) is 7.18. The van der Waals surface area contributed by atoms with E-state index in [4.69, 9.17) is 4.74 Å². The van der Waals surface area contributed by atoms with Crippen molar-refractivity contribution in [2.45, 2.75) is 6.92 Å². The molecule has 7 heteroatoms. The third-order valence-corrected chi connectivity index (χ3v) is 3.11. The number of hydrogen-bond donors (Lipinski definition) is 3. The van der Waals surface area contributed by atoms with Gasteiger partial charge in [-0.3, -0.25) is 9.59 Å². The molecule has 0 aliphatic heterocycles. The summed E-state index contributed by atoms with van der Waals surface area (Å²) in [5.74, 6) is -0.809. The number of aryl methyl sites for hydroxylation is 1. The topological polar surface area (TPSA) is 87.7 Å². The number of rotatable bonds is 6. The summed E-state index contributed by atoms with van der Waals surface area (Å²) >= 11 is 0. The van der Waals surface area contributed by atoms with Crippen LogP contribution < -0.4 is 15.4 Å². The smallest absolute Gasteiger partial charge is 0.258 e. The van der Waals surface area contributed by atoms with Gasteiger partial charge in [0.25, 0.3) is 5.91 Å². The summed E-state index contributed by atoms with van der Waals surface area (Å²) in [6, 6.07) is 9.80. The lowest BCUT2D eigenvalue weighted by atomic mass is 10.2. The van der Waals surface area contributed by atoms with E-state index in [-0.39, 0.29) is 18.9 Å². The van der Waals surface area contributed by atoms with Crippen molar-refractivity contribution >= 4 is 17.5 Å². The molecule has 0 bridgehead atoms. The second-order valence-corrected chi connectivity index (χ2v) is 5.07. The van der Waals surface area contributed by atoms with Gasteiger partial charge in [0, 0.05) is 5.69 Å². The predicted octanol–water partition coefficient (Wildman–Crippen LogP) is 1.97. The number of ether oxygens (including phenoxy) is 1. The van der Waals surface area contributed by atoms with Crippen molar-refractivity contribution in [3.63, 3.8) is 0 Å². The Bertz CT molecular complexity index is 732. The number of aromatic hydroxyl groups is 1. The summed E-state index contributed by atoms with van der Waals surface area (Å²) in [6.45, 7) is 1.24. The Balaban J connectivity index is 1.74. The van der Waals surface area contributed by atoms with Gasteiger partial charge >= 0.3 is 0 Å². The van der Waals surface area contributed by atoms with Crippen molar-refractivity contribution in [3.05, 3.63) is 53.8 Å². The number of carbonyl (C=O) groups excluding carboxylic acids is 2. The Hall–Kier alpha value is -3.09. The molecule has 126 valence electrons. The van der Waals surface area contributed by atoms with Crippen molar-refractivity contribution in [1.29, 1.82) is 0 Å². The normalized spacial score (nSPS) is 10.1. The maximum absolute atomic E-state index is 12.7. The average molecular weight is 332 g/mol. The SMILES string of the molecule is Cc1cc(O)ccc1NC(=O)CNC(=O)COc1ccc(F)cc1. The maximum atomic E-state index is 12.7. The maximum Gasteiger partial charge on any atom is 0.258 e. The molecule has 0 aliphatic carbocycles. The highest BCUT2D eigenvalue weighted by Gasteiger charge is 2.08. The number of halogens is 1. The number of phenols is 1. The fourth-order valence-electron chi connectivity index (χ4n) is 1.89. The van der Waals surface area contributed by atoms with Crippen LogP contribution in [0.4, 0.5) is 10.1 Å². The molecule has 0 spiro atoms. The number of phenolic OH excluding ortho intramolecular Hbond substituents is 1. The zero-order chi connectivity index (χ0) is 17.5. The van der Waals surface area contributed by atoms with Gasteiger partial charge in [0.05, 0.1) is 6.54 Å². The molecular weight excluding hydrogens is 315 g/mol. The molecule has 6 nitrogen and oxygen atoms in total. The molecule has 0 unspecified atom stereocenters. The van der Waals surface area contributed by atoms with Crippen LogP contribution in [0.5, 0.6) is 11.5 Å². The third kappa shape index (κ3) is 5.28. The lowest BCUT2D eigenvalue weighted by Crippen LogP contribution is -2.35. The van der Waals surface area contributed by atoms with Gasteiger partial charge in [-0.05, 0) is 55.0 Å². The van der Waals surface area contributed by atoms with Gasteiger partial charge in [0.15, 0.2) is 6.61 Å². The molecule has 0 atom stereocenters. The summed E-state index contributed by atoms with van der Waals surface area (Å²) in [7, 11) is 0. The van der Waals surface area contributed by atoms with Crippen LogP contribution in [0.2, 0.25) is 0 Å². The first-order valence-electron chi connectivity index (χ1n) is 7.18. The van der Waals surface area contributed by atoms with Crippen molar-refractivity contribution in [1.82, 2.24) is 5.32 Å². The van der Waals surface area contributed by atoms with Crippen LogP contribution in [0, 0.1) is 12.7 Å². The molecule has 0 fully saturated rings. The second kappa shape index (κ2) is 7.96. The highest BCUT2D eigenvalue weighted by atomic mass is 19.1. The van der Waals surface area contributed by atoms with E-state index in [1.54, 1.807) is 13.0 Å². The third-order valence-electron chi connectivity index (χ3n) is 3.11. The van der Waals surface area contributed by atoms with Crippen LogP contribution in [-0.4, -0.2) is 30.1 Å². The molecule has 2 aromatic carbocycles. The van der Waals surface area contributed by atoms with E-state index in [1.807, 2.05) is 0 Å². The minimum Gasteiger partial charge on any atom is -0.508 e. The molecule has 0 saturated heterocycles. The minimum absolute atomic E-state index is 0.108. The molecule has 0 aromatic heterocycles. The van der Waals surface area contributed by atoms with Gasteiger partial charge in [-0.15, -0.1) is 0 Å². The van der Waals surface area contributed by atoms with E-state index in [2.05, 4.69) is 10.6 Å². The van der Waals surface area contributed by atoms with Crippen LogP contribution in [0.1, 0.15) is 5.56 Å². The number of nitrogens with one attached hydrogen (secondary N) is 2. The number of carbonyl (C=O) groups is 2. The molecule has 0 saturated carbocycles. The fraction of sp³-hybridized carbons (Fsp3) is 0.176. The highest BCUT2D eigenvalue weighted by molar-refractivity contribution is 5.95. The molecule has 2 amide bonds. The van der Waals surface area contributed by atoms with Gasteiger partial charge in [0.2, 0.25) is 5.91 Å². The van der Waals surface area contributed by atoms with Crippen molar-refractivity contribution < 1.29 is 23.8 Å². The standard InChI is InChI=1S/C17H17FN2O4/c1-11-8-13(21)4-7-15(11)20-16(22)9-19-17(23)10-24-14-5-2-12(18)3-6-14/h2-8,21H,9-10H2,1H3,(H,19,23)(H,20,22). The Morgan fingerprint density at radius 1 is 1.12 bits per heavy atom. The monoisotopic (exact) mass is 332 g/mol. The van der Waals surface area contributed by atoms with Crippen LogP contribution in [0.25, 0.3) is 0 Å². The number of anilines is 1. The minimum atomic E-state index is -0.475. The van der Waals surface area contributed by atoms with Crippen LogP contribution in [0.3, 0.4) is 0 Å². The Morgan fingerprint density at radius 2 is 1.83 bits per heavy atom. The summed E-state index contributed by atoms with van der Waals surface area (Å²) < 4.78 is 17.9. The van der Waals surface area contributed by atoms with E-state index < -0.39 is 17.6 Å². The zero-order valence-corrected chi connectivity index (χ0v) is 13.0. The Kier molecular flexibility index (Phi) is 5.73. The quantitative estimate of drug-likeness (QED) is 0.706. The predicted molar refractivity (Wildman–Crippen MR) is 86.4 cm³/mol. The number of hydrogen-bond acceptors (Lipinski definition) is 4. The average Bonchev–Trinajstić information content (AvgIpc) is 2.55. The van der Waals surface area contributed by atoms with E-state index in [1.165, 1.54) is 36.4 Å². The number of amides is 2. The van der Waals surface area contributed by atoms with Gasteiger partial charge < -0.3 is 20.5 Å². The van der Waals surface area contributed by atoms with Gasteiger partial charge in [-0.1, -0.05) is 0 Å². The second-order valence-electron chi connectivity index (χ2n) is 5.07. The van der Waals surface area contributed by atoms with E-state index in [0.29, 0.717) is 17.0 Å². The van der Waals surface area contributed by atoms with Crippen molar-refractivity contribution in [3.8, 4) is 11.5 Å². The zero-order valence-electron chi connectivity index (χ0n) is 13.0. The molecular formula is C17H17FN2O4.